The lowest BCUT2D eigenvalue weighted by molar-refractivity contribution is -0.163. The summed E-state index contributed by atoms with van der Waals surface area (Å²) in [6.07, 6.45) is 1.08. The number of hydrogen-bond acceptors (Lipinski definition) is 7. The molecule has 2 aromatic rings. The Morgan fingerprint density at radius 1 is 0.949 bits per heavy atom. The summed E-state index contributed by atoms with van der Waals surface area (Å²) in [7, 11) is -2.40. The molecule has 1 fully saturated rings. The molecule has 1 aliphatic heterocycles. The Hall–Kier alpha value is -3.05. The van der Waals surface area contributed by atoms with Gasteiger partial charge in [0.1, 0.15) is 29.0 Å². The van der Waals surface area contributed by atoms with Crippen molar-refractivity contribution in [1.82, 2.24) is 14.9 Å². The number of aromatic nitrogens is 2. The number of nitrogens with zero attached hydrogens (tertiary/aromatic N) is 3. The van der Waals surface area contributed by atoms with Crippen LogP contribution < -0.4 is 0 Å². The number of likely N-dealkylation sites (tertiary alicyclic amines) is 1. The standard InChI is InChI=1S/C22H35FN2O4Si.C6H4FNO/c1-13(2)30(14(3)4,15(5)6)29-19-18(17-11-10-16(23)12-24-17)25(20(19)26)21(27)28-22(7,8)9;7-5-1-2-6(4-9)8-3-5/h10-15,18-19H,1-9H3;1-4H/t18-,19+;/m0./s1. The van der Waals surface area contributed by atoms with Gasteiger partial charge in [0, 0.05) is 0 Å². The van der Waals surface area contributed by atoms with E-state index >= 15 is 0 Å². The van der Waals surface area contributed by atoms with E-state index in [0.717, 1.165) is 17.3 Å². The summed E-state index contributed by atoms with van der Waals surface area (Å²) in [5.74, 6) is -1.35. The van der Waals surface area contributed by atoms with Crippen LogP contribution in [0.1, 0.15) is 84.5 Å². The number of hydrogen-bond donors (Lipinski definition) is 0. The summed E-state index contributed by atoms with van der Waals surface area (Å²) in [6.45, 7) is 18.0. The summed E-state index contributed by atoms with van der Waals surface area (Å²) < 4.78 is 37.6. The van der Waals surface area contributed by atoms with Crippen molar-refractivity contribution in [2.75, 3.05) is 0 Å². The number of aldehydes is 1. The number of halogens is 2. The van der Waals surface area contributed by atoms with Crippen LogP contribution in [0.25, 0.3) is 0 Å². The summed E-state index contributed by atoms with van der Waals surface area (Å²) in [6, 6.07) is 4.53. The highest BCUT2D eigenvalue weighted by atomic mass is 28.4. The van der Waals surface area contributed by atoms with Gasteiger partial charge in [-0.3, -0.25) is 19.6 Å². The smallest absolute Gasteiger partial charge is 0.417 e. The molecule has 0 spiro atoms. The molecular weight excluding hydrogens is 524 g/mol. The minimum atomic E-state index is -2.40. The molecule has 2 amide bonds. The van der Waals surface area contributed by atoms with E-state index in [1.54, 1.807) is 20.8 Å². The molecule has 39 heavy (non-hydrogen) atoms. The second-order valence-corrected chi connectivity index (χ2v) is 16.8. The highest BCUT2D eigenvalue weighted by molar-refractivity contribution is 6.77. The van der Waals surface area contributed by atoms with Gasteiger partial charge in [-0.25, -0.2) is 18.5 Å². The summed E-state index contributed by atoms with van der Waals surface area (Å²) in [5.41, 5.74) is 0.701. The predicted octanol–water partition coefficient (Wildman–Crippen LogP) is 6.63. The highest BCUT2D eigenvalue weighted by Crippen LogP contribution is 2.47. The number of pyridine rings is 2. The van der Waals surface area contributed by atoms with Crippen molar-refractivity contribution in [1.29, 1.82) is 0 Å². The average molecular weight is 564 g/mol. The molecule has 3 heterocycles. The van der Waals surface area contributed by atoms with E-state index < -0.39 is 49.7 Å². The quantitative estimate of drug-likeness (QED) is 0.212. The topological polar surface area (TPSA) is 98.7 Å². The van der Waals surface area contributed by atoms with E-state index in [-0.39, 0.29) is 22.3 Å². The van der Waals surface area contributed by atoms with Crippen LogP contribution in [0.5, 0.6) is 0 Å². The van der Waals surface area contributed by atoms with Gasteiger partial charge < -0.3 is 9.16 Å². The van der Waals surface area contributed by atoms with Crippen LogP contribution in [0.3, 0.4) is 0 Å². The average Bonchev–Trinajstić information content (AvgIpc) is 2.82. The Labute approximate surface area is 230 Å². The third-order valence-corrected chi connectivity index (χ3v) is 12.7. The molecule has 214 valence electrons. The van der Waals surface area contributed by atoms with Crippen LogP contribution in [-0.2, 0) is 14.0 Å². The molecule has 3 rings (SSSR count). The number of ether oxygens (including phenoxy) is 1. The maximum Gasteiger partial charge on any atom is 0.417 e. The molecule has 0 N–H and O–H groups in total. The Morgan fingerprint density at radius 2 is 1.46 bits per heavy atom. The van der Waals surface area contributed by atoms with Crippen molar-refractivity contribution >= 4 is 26.6 Å². The first-order valence-corrected chi connectivity index (χ1v) is 15.1. The maximum atomic E-state index is 13.5. The molecule has 2 aromatic heterocycles. The van der Waals surface area contributed by atoms with Gasteiger partial charge in [0.05, 0.1) is 18.1 Å². The van der Waals surface area contributed by atoms with Gasteiger partial charge in [-0.15, -0.1) is 0 Å². The summed E-state index contributed by atoms with van der Waals surface area (Å²) in [4.78, 5) is 44.4. The van der Waals surface area contributed by atoms with Gasteiger partial charge in [-0.05, 0) is 61.7 Å². The predicted molar refractivity (Wildman–Crippen MR) is 146 cm³/mol. The largest absolute Gasteiger partial charge is 0.443 e. The zero-order valence-electron chi connectivity index (χ0n) is 24.1. The van der Waals surface area contributed by atoms with E-state index in [1.165, 1.54) is 24.3 Å². The highest BCUT2D eigenvalue weighted by Gasteiger charge is 2.59. The van der Waals surface area contributed by atoms with Crippen LogP contribution in [-0.4, -0.2) is 53.2 Å². The SMILES string of the molecule is CC(C)[Si](O[C@H]1C(=O)N(C(=O)OC(C)(C)C)[C@H]1c1ccc(F)cn1)(C(C)C)C(C)C.O=Cc1ccc(F)cn1. The Balaban J connectivity index is 0.000000499. The minimum absolute atomic E-state index is 0.247. The van der Waals surface area contributed by atoms with E-state index in [4.69, 9.17) is 9.16 Å². The number of rotatable bonds is 7. The molecule has 1 saturated heterocycles. The third-order valence-electron chi connectivity index (χ3n) is 6.60. The molecule has 0 unspecified atom stereocenters. The van der Waals surface area contributed by atoms with Gasteiger partial charge >= 0.3 is 6.09 Å². The van der Waals surface area contributed by atoms with Crippen molar-refractivity contribution in [2.45, 2.75) is 96.7 Å². The summed E-state index contributed by atoms with van der Waals surface area (Å²) in [5, 5.41) is 0. The summed E-state index contributed by atoms with van der Waals surface area (Å²) >= 11 is 0. The van der Waals surface area contributed by atoms with Crippen molar-refractivity contribution in [3.63, 3.8) is 0 Å². The molecule has 0 saturated carbocycles. The van der Waals surface area contributed by atoms with Gasteiger partial charge in [-0.2, -0.15) is 0 Å². The molecule has 2 atom stereocenters. The van der Waals surface area contributed by atoms with E-state index in [2.05, 4.69) is 51.5 Å². The van der Waals surface area contributed by atoms with Crippen molar-refractivity contribution in [3.05, 3.63) is 59.7 Å². The normalized spacial score (nSPS) is 17.6. The first kappa shape index (κ1) is 32.2. The number of β-lactam (4-membered cyclic amide) rings is 1. The van der Waals surface area contributed by atoms with Gasteiger partial charge in [-0.1, -0.05) is 41.5 Å². The molecule has 11 heteroatoms. The first-order chi connectivity index (χ1) is 18.0. The van der Waals surface area contributed by atoms with Crippen LogP contribution in [0.15, 0.2) is 36.7 Å². The van der Waals surface area contributed by atoms with E-state index in [9.17, 15) is 23.2 Å². The van der Waals surface area contributed by atoms with Crippen LogP contribution >= 0.6 is 0 Å². The monoisotopic (exact) mass is 563 g/mol. The van der Waals surface area contributed by atoms with Gasteiger partial charge in [0.15, 0.2) is 12.4 Å². The van der Waals surface area contributed by atoms with Crippen LogP contribution in [0, 0.1) is 11.6 Å². The second kappa shape index (κ2) is 12.9. The lowest BCUT2D eigenvalue weighted by atomic mass is 9.95. The lowest BCUT2D eigenvalue weighted by Gasteiger charge is -2.51. The second-order valence-electron chi connectivity index (χ2n) is 11.4. The molecule has 8 nitrogen and oxygen atoms in total. The molecule has 0 radical (unpaired) electrons. The van der Waals surface area contributed by atoms with Crippen LogP contribution in [0.2, 0.25) is 16.6 Å². The molecule has 0 aromatic carbocycles. The Kier molecular flexibility index (Phi) is 10.6. The number of imide groups is 1. The fourth-order valence-electron chi connectivity index (χ4n) is 5.03. The number of carbonyl (C=O) groups is 3. The fraction of sp³-hybridized carbons (Fsp3) is 0.536. The zero-order chi connectivity index (χ0) is 29.7. The first-order valence-electron chi connectivity index (χ1n) is 13.0. The van der Waals surface area contributed by atoms with E-state index in [0.29, 0.717) is 12.0 Å². The fourth-order valence-corrected chi connectivity index (χ4v) is 10.5. The van der Waals surface area contributed by atoms with Crippen molar-refractivity contribution in [3.8, 4) is 0 Å². The van der Waals surface area contributed by atoms with Gasteiger partial charge in [0.2, 0.25) is 8.32 Å². The molecule has 0 bridgehead atoms. The lowest BCUT2D eigenvalue weighted by Crippen LogP contribution is -2.66. The number of amides is 2. The Bertz CT molecular complexity index is 1110. The van der Waals surface area contributed by atoms with Crippen molar-refractivity contribution in [2.24, 2.45) is 0 Å². The van der Waals surface area contributed by atoms with E-state index in [1.807, 2.05) is 0 Å². The number of carbonyl (C=O) groups excluding carboxylic acids is 3. The third kappa shape index (κ3) is 7.54. The van der Waals surface area contributed by atoms with Crippen LogP contribution in [0.4, 0.5) is 13.6 Å². The van der Waals surface area contributed by atoms with Crippen molar-refractivity contribution < 1.29 is 32.3 Å². The minimum Gasteiger partial charge on any atom is -0.443 e. The molecule has 0 aliphatic carbocycles. The molecular formula is C28H39F2N3O5Si. The zero-order valence-corrected chi connectivity index (χ0v) is 25.1. The Morgan fingerprint density at radius 3 is 1.85 bits per heavy atom. The molecule has 1 aliphatic rings. The maximum absolute atomic E-state index is 13.5. The van der Waals surface area contributed by atoms with Gasteiger partial charge in [0.25, 0.3) is 5.91 Å².